The molecule has 0 saturated heterocycles. The first kappa shape index (κ1) is 11.9. The zero-order valence-electron chi connectivity index (χ0n) is 9.35. The lowest BCUT2D eigenvalue weighted by Gasteiger charge is -2.05. The Morgan fingerprint density at radius 1 is 1.35 bits per heavy atom. The van der Waals surface area contributed by atoms with E-state index in [-0.39, 0.29) is 5.95 Å². The zero-order valence-corrected chi connectivity index (χ0v) is 10.2. The van der Waals surface area contributed by atoms with E-state index in [1.165, 1.54) is 17.3 Å². The Balaban J connectivity index is 2.12. The minimum Gasteiger partial charge on any atom is -0.368 e. The van der Waals surface area contributed by atoms with Crippen LogP contribution in [0, 0.1) is 12.7 Å². The van der Waals surface area contributed by atoms with Gasteiger partial charge in [0.05, 0.1) is 6.20 Å². The summed E-state index contributed by atoms with van der Waals surface area (Å²) < 4.78 is 13.4. The van der Waals surface area contributed by atoms with Crippen LogP contribution in [0.15, 0.2) is 35.5 Å². The highest BCUT2D eigenvalue weighted by Gasteiger charge is 2.07. The molecule has 88 valence electrons. The Morgan fingerprint density at radius 3 is 2.88 bits per heavy atom. The van der Waals surface area contributed by atoms with E-state index < -0.39 is 5.82 Å². The predicted molar refractivity (Wildman–Crippen MR) is 67.1 cm³/mol. The summed E-state index contributed by atoms with van der Waals surface area (Å²) in [4.78, 5) is 7.46. The number of nitrogens with zero attached hydrogens (tertiary/aromatic N) is 2. The first-order chi connectivity index (χ1) is 8.16. The molecular weight excluding hydrogens is 237 g/mol. The maximum atomic E-state index is 13.4. The highest BCUT2D eigenvalue weighted by molar-refractivity contribution is 7.98. The smallest absolute Gasteiger partial charge is 0.221 e. The molecule has 1 aromatic heterocycles. The van der Waals surface area contributed by atoms with Crippen LogP contribution in [0.1, 0.15) is 11.1 Å². The molecule has 0 amide bonds. The third-order valence-electron chi connectivity index (χ3n) is 2.36. The fraction of sp³-hybridized carbons (Fsp3) is 0.167. The van der Waals surface area contributed by atoms with Crippen LogP contribution in [0.3, 0.4) is 0 Å². The van der Waals surface area contributed by atoms with E-state index in [0.29, 0.717) is 10.8 Å². The van der Waals surface area contributed by atoms with Crippen molar-refractivity contribution in [3.63, 3.8) is 0 Å². The number of rotatable bonds is 3. The molecule has 0 spiro atoms. The lowest BCUT2D eigenvalue weighted by Crippen LogP contribution is -1.98. The van der Waals surface area contributed by atoms with Crippen LogP contribution >= 0.6 is 11.8 Å². The highest BCUT2D eigenvalue weighted by Crippen LogP contribution is 2.24. The molecule has 3 nitrogen and oxygen atoms in total. The molecule has 1 heterocycles. The summed E-state index contributed by atoms with van der Waals surface area (Å²) in [5.74, 6) is 0.330. The van der Waals surface area contributed by atoms with Gasteiger partial charge in [0.15, 0.2) is 5.82 Å². The van der Waals surface area contributed by atoms with Crippen molar-refractivity contribution in [2.75, 3.05) is 5.73 Å². The molecule has 0 aliphatic heterocycles. The molecule has 0 fully saturated rings. The van der Waals surface area contributed by atoms with E-state index in [1.807, 2.05) is 31.2 Å². The van der Waals surface area contributed by atoms with Gasteiger partial charge >= 0.3 is 0 Å². The van der Waals surface area contributed by atoms with Crippen LogP contribution in [-0.4, -0.2) is 9.97 Å². The summed E-state index contributed by atoms with van der Waals surface area (Å²) in [7, 11) is 0. The van der Waals surface area contributed by atoms with Gasteiger partial charge in [0.25, 0.3) is 0 Å². The lowest BCUT2D eigenvalue weighted by molar-refractivity contribution is 0.580. The Labute approximate surface area is 103 Å². The van der Waals surface area contributed by atoms with E-state index >= 15 is 0 Å². The highest BCUT2D eigenvalue weighted by atomic mass is 32.2. The topological polar surface area (TPSA) is 51.8 Å². The molecule has 0 aliphatic rings. The lowest BCUT2D eigenvalue weighted by atomic mass is 10.1. The molecule has 0 saturated carbocycles. The van der Waals surface area contributed by atoms with Gasteiger partial charge in [-0.25, -0.2) is 14.4 Å². The van der Waals surface area contributed by atoms with E-state index in [2.05, 4.69) is 9.97 Å². The third kappa shape index (κ3) is 2.94. The van der Waals surface area contributed by atoms with Crippen molar-refractivity contribution in [2.24, 2.45) is 0 Å². The molecule has 5 heteroatoms. The summed E-state index contributed by atoms with van der Waals surface area (Å²) in [6.07, 6.45) is 1.10. The van der Waals surface area contributed by atoms with Gasteiger partial charge in [-0.05, 0) is 18.1 Å². The van der Waals surface area contributed by atoms with Crippen LogP contribution in [0.5, 0.6) is 0 Å². The molecule has 1 aromatic carbocycles. The van der Waals surface area contributed by atoms with E-state index in [0.717, 1.165) is 11.8 Å². The van der Waals surface area contributed by atoms with Gasteiger partial charge in [0, 0.05) is 5.75 Å². The number of hydrogen-bond donors (Lipinski definition) is 1. The Kier molecular flexibility index (Phi) is 3.58. The van der Waals surface area contributed by atoms with Crippen LogP contribution in [0.25, 0.3) is 0 Å². The van der Waals surface area contributed by atoms with Crippen molar-refractivity contribution in [1.82, 2.24) is 9.97 Å². The molecule has 2 N–H and O–H groups in total. The van der Waals surface area contributed by atoms with Gasteiger partial charge in [0.2, 0.25) is 5.95 Å². The number of thioether (sulfide) groups is 1. The van der Waals surface area contributed by atoms with Crippen molar-refractivity contribution in [3.8, 4) is 0 Å². The fourth-order valence-corrected chi connectivity index (χ4v) is 2.35. The average Bonchev–Trinajstić information content (AvgIpc) is 2.32. The maximum absolute atomic E-state index is 13.4. The molecule has 0 radical (unpaired) electrons. The van der Waals surface area contributed by atoms with Crippen molar-refractivity contribution in [3.05, 3.63) is 47.4 Å². The average molecular weight is 249 g/mol. The van der Waals surface area contributed by atoms with Crippen molar-refractivity contribution < 1.29 is 4.39 Å². The number of benzene rings is 1. The summed E-state index contributed by atoms with van der Waals surface area (Å²) in [5, 5.41) is 0.292. The first-order valence-electron chi connectivity index (χ1n) is 5.12. The second-order valence-corrected chi connectivity index (χ2v) is 4.56. The first-order valence-corrected chi connectivity index (χ1v) is 6.10. The number of anilines is 1. The minimum absolute atomic E-state index is 0.0960. The monoisotopic (exact) mass is 249 g/mol. The molecule has 2 rings (SSSR count). The van der Waals surface area contributed by atoms with Crippen LogP contribution in [-0.2, 0) is 5.75 Å². The van der Waals surface area contributed by atoms with E-state index in [4.69, 9.17) is 5.73 Å². The van der Waals surface area contributed by atoms with Crippen molar-refractivity contribution >= 4 is 17.7 Å². The Hall–Kier alpha value is -1.62. The molecule has 0 bridgehead atoms. The molecule has 0 unspecified atom stereocenters. The SMILES string of the molecule is Cc1ccccc1CSc1nc(N)ncc1F. The number of hydrogen-bond acceptors (Lipinski definition) is 4. The molecule has 0 atom stereocenters. The number of aromatic nitrogens is 2. The van der Waals surface area contributed by atoms with Gasteiger partial charge in [-0.15, -0.1) is 0 Å². The second kappa shape index (κ2) is 5.14. The van der Waals surface area contributed by atoms with Crippen LogP contribution in [0.2, 0.25) is 0 Å². The van der Waals surface area contributed by atoms with Crippen molar-refractivity contribution in [1.29, 1.82) is 0 Å². The standard InChI is InChI=1S/C12H12FN3S/c1-8-4-2-3-5-9(8)7-17-11-10(13)6-15-12(14)16-11/h2-6H,7H2,1H3,(H2,14,15,16). The van der Waals surface area contributed by atoms with E-state index in [1.54, 1.807) is 0 Å². The van der Waals surface area contributed by atoms with E-state index in [9.17, 15) is 4.39 Å². The third-order valence-corrected chi connectivity index (χ3v) is 3.37. The van der Waals surface area contributed by atoms with Gasteiger partial charge in [-0.1, -0.05) is 36.0 Å². The molecule has 2 aromatic rings. The van der Waals surface area contributed by atoms with Crippen LogP contribution < -0.4 is 5.73 Å². The number of nitrogens with two attached hydrogens (primary N) is 1. The van der Waals surface area contributed by atoms with Crippen LogP contribution in [0.4, 0.5) is 10.3 Å². The summed E-state index contributed by atoms with van der Waals surface area (Å²) in [6.45, 7) is 2.03. The molecule has 17 heavy (non-hydrogen) atoms. The number of nitrogen functional groups attached to an aromatic ring is 1. The maximum Gasteiger partial charge on any atom is 0.221 e. The van der Waals surface area contributed by atoms with Gasteiger partial charge < -0.3 is 5.73 Å². The second-order valence-electron chi connectivity index (χ2n) is 3.60. The van der Waals surface area contributed by atoms with Gasteiger partial charge in [-0.2, -0.15) is 0 Å². The summed E-state index contributed by atoms with van der Waals surface area (Å²) in [5.41, 5.74) is 7.77. The van der Waals surface area contributed by atoms with Gasteiger partial charge in [-0.3, -0.25) is 0 Å². The summed E-state index contributed by atoms with van der Waals surface area (Å²) >= 11 is 1.32. The zero-order chi connectivity index (χ0) is 12.3. The minimum atomic E-state index is -0.433. The quantitative estimate of drug-likeness (QED) is 0.671. The fourth-order valence-electron chi connectivity index (χ4n) is 1.38. The Morgan fingerprint density at radius 2 is 2.12 bits per heavy atom. The predicted octanol–water partition coefficient (Wildman–Crippen LogP) is 2.80. The van der Waals surface area contributed by atoms with Gasteiger partial charge in [0.1, 0.15) is 5.03 Å². The number of aryl methyl sites for hydroxylation is 1. The molecule has 0 aliphatic carbocycles. The van der Waals surface area contributed by atoms with Crippen molar-refractivity contribution in [2.45, 2.75) is 17.7 Å². The number of halogens is 1. The molecular formula is C12H12FN3S. The Bertz CT molecular complexity index is 531. The normalized spacial score (nSPS) is 10.5. The summed E-state index contributed by atoms with van der Waals surface area (Å²) in [6, 6.07) is 7.99. The largest absolute Gasteiger partial charge is 0.368 e.